The van der Waals surface area contributed by atoms with E-state index in [2.05, 4.69) is 5.10 Å². The molecule has 1 aromatic heterocycles. The minimum Gasteiger partial charge on any atom is -0.365 e. The van der Waals surface area contributed by atoms with Gasteiger partial charge in [0, 0.05) is 12.1 Å². The fourth-order valence-electron chi connectivity index (χ4n) is 1.71. The first kappa shape index (κ1) is 14.9. The Balaban J connectivity index is 2.80. The molecular formula is C11H5F6N3O. The molecule has 2 aromatic rings. The lowest BCUT2D eigenvalue weighted by atomic mass is 10.2. The fourth-order valence-corrected chi connectivity index (χ4v) is 1.71. The lowest BCUT2D eigenvalue weighted by Gasteiger charge is -2.13. The third kappa shape index (κ3) is 2.56. The topological polar surface area (TPSA) is 60.9 Å². The van der Waals surface area contributed by atoms with Crippen LogP contribution in [0.25, 0.3) is 5.69 Å². The van der Waals surface area contributed by atoms with E-state index >= 15 is 0 Å². The smallest absolute Gasteiger partial charge is 0.365 e. The van der Waals surface area contributed by atoms with Crippen LogP contribution in [0.4, 0.5) is 26.3 Å². The Morgan fingerprint density at radius 3 is 2.10 bits per heavy atom. The summed E-state index contributed by atoms with van der Waals surface area (Å²) in [5.41, 5.74) is 0.681. The first-order valence-corrected chi connectivity index (χ1v) is 5.23. The number of nitrogens with zero attached hydrogens (tertiary/aromatic N) is 2. The SMILES string of the molecule is NC(=O)c1cnn(-c2c(F)cc(F)cc2F)c1C(F)(F)F. The Morgan fingerprint density at radius 1 is 1.14 bits per heavy atom. The van der Waals surface area contributed by atoms with Gasteiger partial charge in [-0.15, -0.1) is 0 Å². The summed E-state index contributed by atoms with van der Waals surface area (Å²) in [6, 6.07) is 0.369. The van der Waals surface area contributed by atoms with Crippen LogP contribution in [0, 0.1) is 17.5 Å². The molecule has 0 saturated heterocycles. The normalized spacial score (nSPS) is 11.7. The molecule has 0 bridgehead atoms. The van der Waals surface area contributed by atoms with E-state index in [0.29, 0.717) is 6.20 Å². The van der Waals surface area contributed by atoms with Crippen LogP contribution in [0.1, 0.15) is 16.1 Å². The highest BCUT2D eigenvalue weighted by Gasteiger charge is 2.41. The van der Waals surface area contributed by atoms with Crippen molar-refractivity contribution in [1.82, 2.24) is 9.78 Å². The van der Waals surface area contributed by atoms with Gasteiger partial charge < -0.3 is 5.73 Å². The molecule has 0 unspecified atom stereocenters. The van der Waals surface area contributed by atoms with E-state index in [1.807, 2.05) is 0 Å². The molecule has 0 aliphatic heterocycles. The number of amides is 1. The molecule has 21 heavy (non-hydrogen) atoms. The first-order valence-electron chi connectivity index (χ1n) is 5.23. The summed E-state index contributed by atoms with van der Waals surface area (Å²) < 4.78 is 78.5. The van der Waals surface area contributed by atoms with Crippen LogP contribution in [0.3, 0.4) is 0 Å². The van der Waals surface area contributed by atoms with Gasteiger partial charge in [-0.1, -0.05) is 0 Å². The Labute approximate surface area is 112 Å². The second-order valence-electron chi connectivity index (χ2n) is 3.90. The van der Waals surface area contributed by atoms with Gasteiger partial charge in [0.05, 0.1) is 11.8 Å². The Morgan fingerprint density at radius 2 is 1.67 bits per heavy atom. The standard InChI is InChI=1S/C11H5F6N3O/c12-4-1-6(13)8(7(14)2-4)20-9(11(15,16)17)5(3-19-20)10(18)21/h1-3H,(H2,18,21). The number of rotatable bonds is 2. The second-order valence-corrected chi connectivity index (χ2v) is 3.90. The van der Waals surface area contributed by atoms with Gasteiger partial charge in [-0.05, 0) is 0 Å². The van der Waals surface area contributed by atoms with Gasteiger partial charge in [0.1, 0.15) is 11.5 Å². The van der Waals surface area contributed by atoms with Gasteiger partial charge in [-0.3, -0.25) is 4.79 Å². The average molecular weight is 309 g/mol. The van der Waals surface area contributed by atoms with Gasteiger partial charge in [0.15, 0.2) is 17.3 Å². The van der Waals surface area contributed by atoms with E-state index < -0.39 is 46.5 Å². The molecule has 0 radical (unpaired) electrons. The van der Waals surface area contributed by atoms with E-state index in [1.54, 1.807) is 0 Å². The molecule has 0 spiro atoms. The fraction of sp³-hybridized carbons (Fsp3) is 0.0909. The highest BCUT2D eigenvalue weighted by Crippen LogP contribution is 2.34. The molecule has 1 amide bonds. The number of nitrogens with two attached hydrogens (primary N) is 1. The van der Waals surface area contributed by atoms with Crippen LogP contribution in [0.5, 0.6) is 0 Å². The number of hydrogen-bond donors (Lipinski definition) is 1. The van der Waals surface area contributed by atoms with Gasteiger partial charge in [-0.2, -0.15) is 18.3 Å². The number of aromatic nitrogens is 2. The molecule has 0 aliphatic carbocycles. The van der Waals surface area contributed by atoms with E-state index in [9.17, 15) is 31.1 Å². The lowest BCUT2D eigenvalue weighted by molar-refractivity contribution is -0.143. The molecule has 0 saturated carbocycles. The Hall–Kier alpha value is -2.52. The van der Waals surface area contributed by atoms with Crippen LogP contribution < -0.4 is 5.73 Å². The van der Waals surface area contributed by atoms with E-state index in [0.717, 1.165) is 0 Å². The minimum atomic E-state index is -5.16. The number of primary amides is 1. The number of hydrogen-bond acceptors (Lipinski definition) is 2. The van der Waals surface area contributed by atoms with Crippen molar-refractivity contribution < 1.29 is 31.1 Å². The zero-order chi connectivity index (χ0) is 15.9. The van der Waals surface area contributed by atoms with Crippen molar-refractivity contribution in [2.24, 2.45) is 5.73 Å². The molecule has 10 heteroatoms. The monoisotopic (exact) mass is 309 g/mol. The van der Waals surface area contributed by atoms with Gasteiger partial charge in [-0.25, -0.2) is 17.9 Å². The summed E-state index contributed by atoms with van der Waals surface area (Å²) >= 11 is 0. The van der Waals surface area contributed by atoms with Crippen LogP contribution in [-0.4, -0.2) is 15.7 Å². The van der Waals surface area contributed by atoms with Crippen molar-refractivity contribution in [3.05, 3.63) is 47.0 Å². The van der Waals surface area contributed by atoms with Crippen LogP contribution in [-0.2, 0) is 6.18 Å². The molecule has 1 heterocycles. The molecule has 2 N–H and O–H groups in total. The number of halogens is 6. The molecule has 2 rings (SSSR count). The number of alkyl halides is 3. The summed E-state index contributed by atoms with van der Waals surface area (Å²) in [7, 11) is 0. The molecule has 0 fully saturated rings. The summed E-state index contributed by atoms with van der Waals surface area (Å²) in [5.74, 6) is -6.02. The predicted molar refractivity (Wildman–Crippen MR) is 57.0 cm³/mol. The van der Waals surface area contributed by atoms with Crippen molar-refractivity contribution in [1.29, 1.82) is 0 Å². The lowest BCUT2D eigenvalue weighted by Crippen LogP contribution is -2.21. The Bertz CT molecular complexity index is 698. The summed E-state index contributed by atoms with van der Waals surface area (Å²) in [6.07, 6.45) is -4.73. The maximum Gasteiger partial charge on any atom is 0.434 e. The van der Waals surface area contributed by atoms with Crippen LogP contribution in [0.15, 0.2) is 18.3 Å². The molecular weight excluding hydrogens is 304 g/mol. The van der Waals surface area contributed by atoms with Crippen LogP contribution in [0.2, 0.25) is 0 Å². The molecule has 1 aromatic carbocycles. The minimum absolute atomic E-state index is 0.176. The maximum absolute atomic E-state index is 13.6. The van der Waals surface area contributed by atoms with E-state index in [4.69, 9.17) is 5.73 Å². The van der Waals surface area contributed by atoms with Crippen LogP contribution >= 0.6 is 0 Å². The highest BCUT2D eigenvalue weighted by molar-refractivity contribution is 5.94. The van der Waals surface area contributed by atoms with Crippen molar-refractivity contribution in [3.63, 3.8) is 0 Å². The molecule has 0 aliphatic rings. The summed E-state index contributed by atoms with van der Waals surface area (Å²) in [6.45, 7) is 0. The van der Waals surface area contributed by atoms with Crippen molar-refractivity contribution in [2.75, 3.05) is 0 Å². The molecule has 112 valence electrons. The quantitative estimate of drug-likeness (QED) is 0.866. The number of benzene rings is 1. The largest absolute Gasteiger partial charge is 0.434 e. The van der Waals surface area contributed by atoms with Gasteiger partial charge >= 0.3 is 6.18 Å². The molecule has 4 nitrogen and oxygen atoms in total. The second kappa shape index (κ2) is 4.79. The number of carbonyl (C=O) groups excluding carboxylic acids is 1. The third-order valence-electron chi connectivity index (χ3n) is 2.50. The zero-order valence-corrected chi connectivity index (χ0v) is 9.88. The Kier molecular flexibility index (Phi) is 3.39. The zero-order valence-electron chi connectivity index (χ0n) is 9.88. The maximum atomic E-state index is 13.6. The van der Waals surface area contributed by atoms with Gasteiger partial charge in [0.2, 0.25) is 0 Å². The summed E-state index contributed by atoms with van der Waals surface area (Å²) in [4.78, 5) is 11.0. The number of carbonyl (C=O) groups is 1. The van der Waals surface area contributed by atoms with E-state index in [-0.39, 0.29) is 16.8 Å². The van der Waals surface area contributed by atoms with Crippen molar-refractivity contribution in [3.8, 4) is 5.69 Å². The average Bonchev–Trinajstić information content (AvgIpc) is 2.71. The highest BCUT2D eigenvalue weighted by atomic mass is 19.4. The summed E-state index contributed by atoms with van der Waals surface area (Å²) in [5, 5.41) is 3.12. The molecule has 0 atom stereocenters. The van der Waals surface area contributed by atoms with Gasteiger partial charge in [0.25, 0.3) is 5.91 Å². The first-order chi connectivity index (χ1) is 9.62. The van der Waals surface area contributed by atoms with E-state index in [1.165, 1.54) is 0 Å². The van der Waals surface area contributed by atoms with Crippen molar-refractivity contribution in [2.45, 2.75) is 6.18 Å². The predicted octanol–water partition coefficient (Wildman–Crippen LogP) is 2.41. The third-order valence-corrected chi connectivity index (χ3v) is 2.50. The van der Waals surface area contributed by atoms with Crippen molar-refractivity contribution >= 4 is 5.91 Å².